The van der Waals surface area contributed by atoms with Gasteiger partial charge in [0.15, 0.2) is 5.16 Å². The van der Waals surface area contributed by atoms with Crippen molar-refractivity contribution in [2.24, 2.45) is 0 Å². The molecule has 0 atom stereocenters. The molecule has 0 N–H and O–H groups in total. The lowest BCUT2D eigenvalue weighted by Crippen LogP contribution is -1.97. The molecule has 2 aromatic carbocycles. The van der Waals surface area contributed by atoms with Gasteiger partial charge in [0.05, 0.1) is 7.11 Å². The smallest absolute Gasteiger partial charge is 0.223 e. The number of rotatable bonds is 7. The molecule has 0 fully saturated rings. The first-order chi connectivity index (χ1) is 12.3. The number of methoxy groups -OCH3 is 1. The molecule has 5 heteroatoms. The van der Waals surface area contributed by atoms with Gasteiger partial charge in [0.2, 0.25) is 5.88 Å². The largest absolute Gasteiger partial charge is 0.497 e. The Morgan fingerprint density at radius 2 is 1.64 bits per heavy atom. The fourth-order valence-electron chi connectivity index (χ4n) is 2.23. The van der Waals surface area contributed by atoms with E-state index in [-0.39, 0.29) is 0 Å². The van der Waals surface area contributed by atoms with E-state index in [1.54, 1.807) is 18.9 Å². The monoisotopic (exact) mass is 352 g/mol. The molecule has 0 aliphatic rings. The molecule has 4 nitrogen and oxygen atoms in total. The number of hydrogen-bond donors (Lipinski definition) is 0. The highest BCUT2D eigenvalue weighted by Gasteiger charge is 2.07. The molecule has 0 radical (unpaired) electrons. The van der Waals surface area contributed by atoms with Crippen molar-refractivity contribution in [3.05, 3.63) is 71.9 Å². The maximum absolute atomic E-state index is 5.89. The Bertz CT molecular complexity index is 808. The van der Waals surface area contributed by atoms with Crippen molar-refractivity contribution in [2.75, 3.05) is 7.11 Å². The summed E-state index contributed by atoms with van der Waals surface area (Å²) in [6, 6.07) is 19.6. The second kappa shape index (κ2) is 8.53. The molecule has 128 valence electrons. The van der Waals surface area contributed by atoms with Gasteiger partial charge >= 0.3 is 0 Å². The zero-order chi connectivity index (χ0) is 17.5. The van der Waals surface area contributed by atoms with Gasteiger partial charge in [-0.05, 0) is 36.2 Å². The van der Waals surface area contributed by atoms with Crippen LogP contribution in [0, 0.1) is 0 Å². The highest BCUT2D eigenvalue weighted by atomic mass is 32.2. The van der Waals surface area contributed by atoms with Gasteiger partial charge in [-0.2, -0.15) is 4.98 Å². The van der Waals surface area contributed by atoms with Crippen molar-refractivity contribution >= 4 is 11.8 Å². The molecule has 1 aromatic heterocycles. The summed E-state index contributed by atoms with van der Waals surface area (Å²) in [7, 11) is 1.64. The Balaban J connectivity index is 1.74. The number of aromatic nitrogens is 2. The minimum absolute atomic E-state index is 0.563. The molecule has 3 rings (SSSR count). The third kappa shape index (κ3) is 4.97. The third-order valence-corrected chi connectivity index (χ3v) is 4.51. The summed E-state index contributed by atoms with van der Waals surface area (Å²) in [5.74, 6) is 2.91. The van der Waals surface area contributed by atoms with Crippen LogP contribution in [0.4, 0.5) is 0 Å². The van der Waals surface area contributed by atoms with E-state index in [2.05, 4.69) is 29.0 Å². The molecular formula is C20H20N2O2S. The Kier molecular flexibility index (Phi) is 5.90. The first kappa shape index (κ1) is 17.3. The van der Waals surface area contributed by atoms with Gasteiger partial charge in [0, 0.05) is 17.5 Å². The molecular weight excluding hydrogens is 332 g/mol. The predicted molar refractivity (Wildman–Crippen MR) is 100 cm³/mol. The Labute approximate surface area is 152 Å². The minimum Gasteiger partial charge on any atom is -0.497 e. The summed E-state index contributed by atoms with van der Waals surface area (Å²) in [6.07, 6.45) is 0.834. The van der Waals surface area contributed by atoms with Crippen LogP contribution in [0.1, 0.15) is 18.2 Å². The summed E-state index contributed by atoms with van der Waals surface area (Å²) >= 11 is 1.61. The number of aryl methyl sites for hydroxylation is 1. The molecule has 3 aromatic rings. The summed E-state index contributed by atoms with van der Waals surface area (Å²) in [5.41, 5.74) is 2.21. The third-order valence-electron chi connectivity index (χ3n) is 3.59. The van der Waals surface area contributed by atoms with E-state index in [4.69, 9.17) is 9.47 Å². The van der Waals surface area contributed by atoms with Gasteiger partial charge in [0.25, 0.3) is 0 Å². The van der Waals surface area contributed by atoms with Crippen molar-refractivity contribution in [1.29, 1.82) is 0 Å². The van der Waals surface area contributed by atoms with Crippen molar-refractivity contribution in [2.45, 2.75) is 24.3 Å². The average molecular weight is 352 g/mol. The Morgan fingerprint density at radius 3 is 2.32 bits per heavy atom. The molecule has 0 saturated heterocycles. The second-order valence-electron chi connectivity index (χ2n) is 5.39. The van der Waals surface area contributed by atoms with Crippen molar-refractivity contribution in [3.8, 4) is 17.4 Å². The van der Waals surface area contributed by atoms with Crippen LogP contribution in [0.2, 0.25) is 0 Å². The van der Waals surface area contributed by atoms with Gasteiger partial charge in [0.1, 0.15) is 11.5 Å². The first-order valence-electron chi connectivity index (χ1n) is 8.13. The topological polar surface area (TPSA) is 44.2 Å². The summed E-state index contributed by atoms with van der Waals surface area (Å²) < 4.78 is 11.1. The zero-order valence-electron chi connectivity index (χ0n) is 14.3. The Hall–Kier alpha value is -2.53. The van der Waals surface area contributed by atoms with Gasteiger partial charge in [-0.15, -0.1) is 0 Å². The van der Waals surface area contributed by atoms with Gasteiger partial charge in [-0.3, -0.25) is 0 Å². The van der Waals surface area contributed by atoms with Crippen molar-refractivity contribution in [1.82, 2.24) is 9.97 Å². The maximum Gasteiger partial charge on any atom is 0.223 e. The maximum atomic E-state index is 5.89. The highest BCUT2D eigenvalue weighted by molar-refractivity contribution is 7.98. The van der Waals surface area contributed by atoms with Crippen LogP contribution in [0.5, 0.6) is 17.4 Å². The van der Waals surface area contributed by atoms with Gasteiger partial charge in [-0.25, -0.2) is 4.98 Å². The predicted octanol–water partition coefficient (Wildman–Crippen LogP) is 5.13. The number of hydrogen-bond acceptors (Lipinski definition) is 5. The number of benzene rings is 2. The highest BCUT2D eigenvalue weighted by Crippen LogP contribution is 2.26. The van der Waals surface area contributed by atoms with E-state index >= 15 is 0 Å². The van der Waals surface area contributed by atoms with E-state index in [0.717, 1.165) is 34.5 Å². The standard InChI is InChI=1S/C20H20N2O2S/c1-3-16-13-19(24-18-11-9-17(23-2)10-12-18)22-20(21-16)25-14-15-7-5-4-6-8-15/h4-13H,3,14H2,1-2H3. The van der Waals surface area contributed by atoms with Crippen molar-refractivity contribution in [3.63, 3.8) is 0 Å². The fourth-order valence-corrected chi connectivity index (χ4v) is 3.06. The molecule has 1 heterocycles. The lowest BCUT2D eigenvalue weighted by Gasteiger charge is -2.09. The van der Waals surface area contributed by atoms with Crippen molar-refractivity contribution < 1.29 is 9.47 Å². The van der Waals surface area contributed by atoms with Crippen LogP contribution in [0.15, 0.2) is 65.8 Å². The minimum atomic E-state index is 0.563. The quantitative estimate of drug-likeness (QED) is 0.435. The number of thioether (sulfide) groups is 1. The van der Waals surface area contributed by atoms with E-state index in [1.165, 1.54) is 5.56 Å². The van der Waals surface area contributed by atoms with Crippen LogP contribution in [0.3, 0.4) is 0 Å². The molecule has 0 amide bonds. The lowest BCUT2D eigenvalue weighted by atomic mass is 10.2. The lowest BCUT2D eigenvalue weighted by molar-refractivity contribution is 0.411. The van der Waals surface area contributed by atoms with Crippen LogP contribution in [-0.2, 0) is 12.2 Å². The van der Waals surface area contributed by atoms with Crippen LogP contribution in [-0.4, -0.2) is 17.1 Å². The second-order valence-corrected chi connectivity index (χ2v) is 6.33. The molecule has 0 aliphatic heterocycles. The average Bonchev–Trinajstić information content (AvgIpc) is 2.67. The van der Waals surface area contributed by atoms with Gasteiger partial charge < -0.3 is 9.47 Å². The van der Waals surface area contributed by atoms with Gasteiger partial charge in [-0.1, -0.05) is 49.0 Å². The summed E-state index contributed by atoms with van der Waals surface area (Å²) in [5, 5.41) is 0.728. The molecule has 0 unspecified atom stereocenters. The normalized spacial score (nSPS) is 10.5. The molecule has 0 bridgehead atoms. The number of ether oxygens (including phenoxy) is 2. The number of nitrogens with zero attached hydrogens (tertiary/aromatic N) is 2. The SMILES string of the molecule is CCc1cc(Oc2ccc(OC)cc2)nc(SCc2ccccc2)n1. The van der Waals surface area contributed by atoms with Crippen LogP contribution >= 0.6 is 11.8 Å². The van der Waals surface area contributed by atoms with E-state index < -0.39 is 0 Å². The summed E-state index contributed by atoms with van der Waals surface area (Å²) in [6.45, 7) is 2.07. The van der Waals surface area contributed by atoms with E-state index in [1.807, 2.05) is 48.5 Å². The summed E-state index contributed by atoms with van der Waals surface area (Å²) in [4.78, 5) is 9.12. The molecule has 25 heavy (non-hydrogen) atoms. The Morgan fingerprint density at radius 1 is 0.920 bits per heavy atom. The molecule has 0 spiro atoms. The van der Waals surface area contributed by atoms with E-state index in [0.29, 0.717) is 5.88 Å². The molecule has 0 aliphatic carbocycles. The first-order valence-corrected chi connectivity index (χ1v) is 9.12. The van der Waals surface area contributed by atoms with Crippen LogP contribution in [0.25, 0.3) is 0 Å². The fraction of sp³-hybridized carbons (Fsp3) is 0.200. The van der Waals surface area contributed by atoms with Crippen LogP contribution < -0.4 is 9.47 Å². The van der Waals surface area contributed by atoms with E-state index in [9.17, 15) is 0 Å². The zero-order valence-corrected chi connectivity index (χ0v) is 15.1. The molecule has 0 saturated carbocycles.